The second-order valence-electron chi connectivity index (χ2n) is 2.69. The Kier molecular flexibility index (Phi) is 1.98. The molecule has 60 valence electrons. The number of nitrogens with one attached hydrogen (secondary N) is 1. The maximum atomic E-state index is 5.04. The molecule has 0 radical (unpaired) electrons. The van der Waals surface area contributed by atoms with E-state index in [-0.39, 0.29) is 0 Å². The molecular formula is C8H13N3. The zero-order chi connectivity index (χ0) is 8.43. The number of nitrogens with zero attached hydrogens (tertiary/aromatic N) is 1. The van der Waals surface area contributed by atoms with Crippen molar-refractivity contribution >= 4 is 6.21 Å². The minimum atomic E-state index is 1.00. The van der Waals surface area contributed by atoms with Crippen molar-refractivity contribution in [3.63, 3.8) is 0 Å². The highest BCUT2D eigenvalue weighted by Gasteiger charge is 2.03. The van der Waals surface area contributed by atoms with E-state index in [2.05, 4.69) is 23.9 Å². The molecule has 11 heavy (non-hydrogen) atoms. The molecule has 0 aromatic carbocycles. The van der Waals surface area contributed by atoms with Gasteiger partial charge in [0, 0.05) is 5.69 Å². The van der Waals surface area contributed by atoms with Gasteiger partial charge in [0.15, 0.2) is 0 Å². The van der Waals surface area contributed by atoms with Crippen molar-refractivity contribution in [3.05, 3.63) is 22.5 Å². The Morgan fingerprint density at radius 1 is 1.27 bits per heavy atom. The molecule has 0 unspecified atom stereocenters. The summed E-state index contributed by atoms with van der Waals surface area (Å²) in [7, 11) is 0. The van der Waals surface area contributed by atoms with Crippen molar-refractivity contribution < 1.29 is 0 Å². The van der Waals surface area contributed by atoms with Crippen molar-refractivity contribution in [1.29, 1.82) is 0 Å². The fraction of sp³-hybridized carbons (Fsp3) is 0.375. The molecule has 3 N–H and O–H groups in total. The average Bonchev–Trinajstić information content (AvgIpc) is 2.19. The normalized spacial score (nSPS) is 11.2. The predicted octanol–water partition coefficient (Wildman–Crippen LogP) is 1.23. The zero-order valence-corrected chi connectivity index (χ0v) is 7.10. The molecule has 0 amide bonds. The standard InChI is InChI=1S/C8H13N3/c1-5-6(2)8(4-10-9)11-7(5)3/h4,11H,9H2,1-3H3. The SMILES string of the molecule is Cc1[nH]c(C=NN)c(C)c1C. The maximum absolute atomic E-state index is 5.04. The Hall–Kier alpha value is -1.25. The number of aryl methyl sites for hydroxylation is 1. The monoisotopic (exact) mass is 151 g/mol. The Balaban J connectivity index is 3.18. The van der Waals surface area contributed by atoms with E-state index in [1.807, 2.05) is 6.92 Å². The number of aromatic nitrogens is 1. The Bertz CT molecular complexity index is 284. The molecule has 0 aliphatic carbocycles. The Morgan fingerprint density at radius 3 is 2.27 bits per heavy atom. The lowest BCUT2D eigenvalue weighted by Gasteiger charge is -1.89. The van der Waals surface area contributed by atoms with Gasteiger partial charge >= 0.3 is 0 Å². The lowest BCUT2D eigenvalue weighted by molar-refractivity contribution is 1.21. The molecule has 3 heteroatoms. The van der Waals surface area contributed by atoms with Crippen molar-refractivity contribution in [1.82, 2.24) is 4.98 Å². The van der Waals surface area contributed by atoms with E-state index in [1.54, 1.807) is 6.21 Å². The summed E-state index contributed by atoms with van der Waals surface area (Å²) in [6.07, 6.45) is 1.63. The lowest BCUT2D eigenvalue weighted by atomic mass is 10.1. The highest BCUT2D eigenvalue weighted by Crippen LogP contribution is 2.14. The molecule has 0 aliphatic rings. The topological polar surface area (TPSA) is 54.2 Å². The number of hydrazone groups is 1. The van der Waals surface area contributed by atoms with Crippen LogP contribution in [0.15, 0.2) is 5.10 Å². The second-order valence-corrected chi connectivity index (χ2v) is 2.69. The molecule has 0 atom stereocenters. The molecule has 1 aromatic rings. The maximum Gasteiger partial charge on any atom is 0.0703 e. The molecule has 1 rings (SSSR count). The van der Waals surface area contributed by atoms with Crippen molar-refractivity contribution in [2.75, 3.05) is 0 Å². The average molecular weight is 151 g/mol. The quantitative estimate of drug-likeness (QED) is 0.354. The third-order valence-corrected chi connectivity index (χ3v) is 2.05. The first-order chi connectivity index (χ1) is 5.16. The first-order valence-electron chi connectivity index (χ1n) is 3.56. The first kappa shape index (κ1) is 7.85. The molecule has 0 spiro atoms. The van der Waals surface area contributed by atoms with Gasteiger partial charge in [-0.1, -0.05) is 0 Å². The fourth-order valence-electron chi connectivity index (χ4n) is 1.08. The highest BCUT2D eigenvalue weighted by atomic mass is 15.1. The van der Waals surface area contributed by atoms with Gasteiger partial charge in [-0.05, 0) is 31.9 Å². The van der Waals surface area contributed by atoms with Crippen LogP contribution in [0, 0.1) is 20.8 Å². The minimum absolute atomic E-state index is 1.00. The van der Waals surface area contributed by atoms with E-state index in [0.717, 1.165) is 5.69 Å². The number of H-pyrrole nitrogens is 1. The molecule has 0 saturated carbocycles. The highest BCUT2D eigenvalue weighted by molar-refractivity contribution is 5.80. The largest absolute Gasteiger partial charge is 0.357 e. The Labute approximate surface area is 66.3 Å². The summed E-state index contributed by atoms with van der Waals surface area (Å²) in [5, 5.41) is 3.46. The molecule has 1 heterocycles. The Morgan fingerprint density at radius 2 is 1.91 bits per heavy atom. The summed E-state index contributed by atoms with van der Waals surface area (Å²) in [5.74, 6) is 5.04. The van der Waals surface area contributed by atoms with Crippen LogP contribution in [0.3, 0.4) is 0 Å². The zero-order valence-electron chi connectivity index (χ0n) is 7.10. The third kappa shape index (κ3) is 1.27. The second kappa shape index (κ2) is 2.78. The van der Waals surface area contributed by atoms with E-state index in [1.165, 1.54) is 16.8 Å². The minimum Gasteiger partial charge on any atom is -0.357 e. The van der Waals surface area contributed by atoms with E-state index in [9.17, 15) is 0 Å². The summed E-state index contributed by atoms with van der Waals surface area (Å²) >= 11 is 0. The number of rotatable bonds is 1. The summed E-state index contributed by atoms with van der Waals surface area (Å²) in [5.41, 5.74) is 4.68. The molecule has 0 saturated heterocycles. The number of aromatic amines is 1. The summed E-state index contributed by atoms with van der Waals surface area (Å²) in [6.45, 7) is 6.17. The summed E-state index contributed by atoms with van der Waals surface area (Å²) in [6, 6.07) is 0. The van der Waals surface area contributed by atoms with E-state index >= 15 is 0 Å². The molecule has 0 fully saturated rings. The van der Waals surface area contributed by atoms with E-state index < -0.39 is 0 Å². The van der Waals surface area contributed by atoms with Gasteiger partial charge in [0.2, 0.25) is 0 Å². The van der Waals surface area contributed by atoms with Crippen LogP contribution in [-0.4, -0.2) is 11.2 Å². The van der Waals surface area contributed by atoms with Gasteiger partial charge in [-0.3, -0.25) is 0 Å². The summed E-state index contributed by atoms with van der Waals surface area (Å²) in [4.78, 5) is 3.18. The molecule has 3 nitrogen and oxygen atoms in total. The lowest BCUT2D eigenvalue weighted by Crippen LogP contribution is -1.88. The molecule has 0 aliphatic heterocycles. The van der Waals surface area contributed by atoms with E-state index in [0.29, 0.717) is 0 Å². The van der Waals surface area contributed by atoms with Crippen LogP contribution in [0.5, 0.6) is 0 Å². The van der Waals surface area contributed by atoms with Crippen LogP contribution in [-0.2, 0) is 0 Å². The van der Waals surface area contributed by atoms with Crippen molar-refractivity contribution in [3.8, 4) is 0 Å². The van der Waals surface area contributed by atoms with Gasteiger partial charge in [0.1, 0.15) is 0 Å². The molecule has 0 bridgehead atoms. The van der Waals surface area contributed by atoms with Gasteiger partial charge in [-0.15, -0.1) is 0 Å². The summed E-state index contributed by atoms with van der Waals surface area (Å²) < 4.78 is 0. The van der Waals surface area contributed by atoms with Gasteiger partial charge in [0.25, 0.3) is 0 Å². The van der Waals surface area contributed by atoms with Gasteiger partial charge in [0.05, 0.1) is 11.9 Å². The van der Waals surface area contributed by atoms with Crippen LogP contribution in [0.25, 0.3) is 0 Å². The van der Waals surface area contributed by atoms with Gasteiger partial charge in [-0.25, -0.2) is 0 Å². The van der Waals surface area contributed by atoms with Crippen LogP contribution in [0.4, 0.5) is 0 Å². The first-order valence-corrected chi connectivity index (χ1v) is 3.56. The number of hydrogen-bond acceptors (Lipinski definition) is 2. The number of nitrogens with two attached hydrogens (primary N) is 1. The third-order valence-electron chi connectivity index (χ3n) is 2.05. The molecular weight excluding hydrogens is 138 g/mol. The fourth-order valence-corrected chi connectivity index (χ4v) is 1.08. The van der Waals surface area contributed by atoms with Crippen LogP contribution >= 0.6 is 0 Å². The predicted molar refractivity (Wildman–Crippen MR) is 46.8 cm³/mol. The van der Waals surface area contributed by atoms with Crippen molar-refractivity contribution in [2.24, 2.45) is 10.9 Å². The van der Waals surface area contributed by atoms with Gasteiger partial charge in [-0.2, -0.15) is 5.10 Å². The van der Waals surface area contributed by atoms with E-state index in [4.69, 9.17) is 5.84 Å². The smallest absolute Gasteiger partial charge is 0.0703 e. The van der Waals surface area contributed by atoms with Crippen molar-refractivity contribution in [2.45, 2.75) is 20.8 Å². The number of hydrogen-bond donors (Lipinski definition) is 2. The van der Waals surface area contributed by atoms with Crippen LogP contribution in [0.2, 0.25) is 0 Å². The molecule has 1 aromatic heterocycles. The van der Waals surface area contributed by atoms with Crippen LogP contribution in [0.1, 0.15) is 22.5 Å². The van der Waals surface area contributed by atoms with Gasteiger partial charge < -0.3 is 10.8 Å². The van der Waals surface area contributed by atoms with Crippen LogP contribution < -0.4 is 5.84 Å².